The Morgan fingerprint density at radius 1 is 1.07 bits per heavy atom. The van der Waals surface area contributed by atoms with Crippen LogP contribution in [0.15, 0.2) is 23.8 Å². The zero-order valence-corrected chi connectivity index (χ0v) is 9.92. The van der Waals surface area contributed by atoms with Crippen molar-refractivity contribution in [2.75, 3.05) is 0 Å². The average Bonchev–Trinajstić information content (AvgIpc) is 2.59. The summed E-state index contributed by atoms with van der Waals surface area (Å²) in [7, 11) is 0. The third kappa shape index (κ3) is 2.34. The van der Waals surface area contributed by atoms with Gasteiger partial charge in [-0.1, -0.05) is 36.6 Å². The van der Waals surface area contributed by atoms with Gasteiger partial charge in [-0.3, -0.25) is 0 Å². The monoisotopic (exact) mass is 206 g/mol. The molecule has 0 amide bonds. The van der Waals surface area contributed by atoms with Crippen LogP contribution in [0, 0.1) is 5.41 Å². The number of hydrogen-bond acceptors (Lipinski definition) is 1. The molecule has 2 aliphatic rings. The van der Waals surface area contributed by atoms with Gasteiger partial charge in [-0.25, -0.2) is 0 Å². The summed E-state index contributed by atoms with van der Waals surface area (Å²) in [5, 5.41) is 10.3. The van der Waals surface area contributed by atoms with Gasteiger partial charge in [0.25, 0.3) is 0 Å². The van der Waals surface area contributed by atoms with E-state index >= 15 is 0 Å². The molecule has 0 aliphatic heterocycles. The van der Waals surface area contributed by atoms with Gasteiger partial charge < -0.3 is 5.11 Å². The first-order valence-corrected chi connectivity index (χ1v) is 6.13. The van der Waals surface area contributed by atoms with E-state index in [0.717, 1.165) is 12.8 Å². The lowest BCUT2D eigenvalue weighted by molar-refractivity contribution is 0.101. The third-order valence-corrected chi connectivity index (χ3v) is 3.89. The maximum absolute atomic E-state index is 10.3. The molecule has 1 N–H and O–H groups in total. The summed E-state index contributed by atoms with van der Waals surface area (Å²) in [4.78, 5) is 0. The molecule has 0 heterocycles. The summed E-state index contributed by atoms with van der Waals surface area (Å²) in [5.74, 6) is 0. The van der Waals surface area contributed by atoms with Crippen molar-refractivity contribution in [3.05, 3.63) is 23.8 Å². The largest absolute Gasteiger partial charge is 0.382 e. The van der Waals surface area contributed by atoms with E-state index in [0.29, 0.717) is 5.41 Å². The second-order valence-electron chi connectivity index (χ2n) is 5.62. The summed E-state index contributed by atoms with van der Waals surface area (Å²) >= 11 is 0. The molecule has 15 heavy (non-hydrogen) atoms. The lowest BCUT2D eigenvalue weighted by atomic mass is 9.73. The highest BCUT2D eigenvalue weighted by molar-refractivity contribution is 5.23. The minimum absolute atomic E-state index is 0.446. The summed E-state index contributed by atoms with van der Waals surface area (Å²) in [6.45, 7) is 4.09. The highest BCUT2D eigenvalue weighted by Gasteiger charge is 2.37. The molecule has 1 atom stereocenters. The Bertz CT molecular complexity index is 290. The minimum atomic E-state index is -0.660. The maximum Gasteiger partial charge on any atom is 0.101 e. The van der Waals surface area contributed by atoms with Crippen molar-refractivity contribution in [1.82, 2.24) is 0 Å². The van der Waals surface area contributed by atoms with Crippen LogP contribution in [0.2, 0.25) is 0 Å². The molecule has 1 heteroatoms. The van der Waals surface area contributed by atoms with Gasteiger partial charge in [-0.15, -0.1) is 0 Å². The normalized spacial score (nSPS) is 33.3. The second kappa shape index (κ2) is 3.79. The second-order valence-corrected chi connectivity index (χ2v) is 5.62. The van der Waals surface area contributed by atoms with E-state index in [-0.39, 0.29) is 0 Å². The molecule has 0 aromatic rings. The Balaban J connectivity index is 2.14. The van der Waals surface area contributed by atoms with Gasteiger partial charge in [0.1, 0.15) is 5.60 Å². The van der Waals surface area contributed by atoms with Gasteiger partial charge >= 0.3 is 0 Å². The average molecular weight is 206 g/mol. The first kappa shape index (κ1) is 10.9. The van der Waals surface area contributed by atoms with Gasteiger partial charge in [-0.05, 0) is 44.9 Å². The highest BCUT2D eigenvalue weighted by atomic mass is 16.3. The van der Waals surface area contributed by atoms with Crippen molar-refractivity contribution in [3.63, 3.8) is 0 Å². The topological polar surface area (TPSA) is 20.2 Å². The smallest absolute Gasteiger partial charge is 0.101 e. The molecular formula is C14H22O. The van der Waals surface area contributed by atoms with Crippen LogP contribution in [0.5, 0.6) is 0 Å². The fourth-order valence-corrected chi connectivity index (χ4v) is 3.05. The van der Waals surface area contributed by atoms with E-state index in [9.17, 15) is 5.11 Å². The maximum atomic E-state index is 10.3. The van der Waals surface area contributed by atoms with E-state index in [4.69, 9.17) is 0 Å². The van der Waals surface area contributed by atoms with Gasteiger partial charge in [0.2, 0.25) is 0 Å². The van der Waals surface area contributed by atoms with Gasteiger partial charge in [0.15, 0.2) is 0 Å². The molecule has 2 aliphatic carbocycles. The molecule has 0 aromatic carbocycles. The van der Waals surface area contributed by atoms with Crippen molar-refractivity contribution in [1.29, 1.82) is 0 Å². The molecule has 0 saturated heterocycles. The fourth-order valence-electron chi connectivity index (χ4n) is 3.05. The van der Waals surface area contributed by atoms with E-state index in [1.54, 1.807) is 0 Å². The van der Waals surface area contributed by atoms with E-state index < -0.39 is 5.60 Å². The first-order chi connectivity index (χ1) is 7.04. The highest BCUT2D eigenvalue weighted by Crippen LogP contribution is 2.47. The van der Waals surface area contributed by atoms with Crippen molar-refractivity contribution < 1.29 is 5.11 Å². The van der Waals surface area contributed by atoms with Crippen LogP contribution in [0.1, 0.15) is 52.4 Å². The Morgan fingerprint density at radius 3 is 2.20 bits per heavy atom. The Labute approximate surface area is 92.9 Å². The van der Waals surface area contributed by atoms with Crippen LogP contribution in [0.4, 0.5) is 0 Å². The van der Waals surface area contributed by atoms with Crippen molar-refractivity contribution in [2.45, 2.75) is 58.0 Å². The predicted molar refractivity (Wildman–Crippen MR) is 63.7 cm³/mol. The Hall–Kier alpha value is -0.560. The van der Waals surface area contributed by atoms with Gasteiger partial charge in [0, 0.05) is 0 Å². The standard InChI is InChI=1S/C14H22O/c1-12(2)11-14(15)9-7-13(8-10-14)5-3-4-6-13/h7,9,11,15H,3-6,8,10H2,1-2H3. The Kier molecular flexibility index (Phi) is 2.76. The van der Waals surface area contributed by atoms with E-state index in [1.165, 1.54) is 31.3 Å². The molecule has 1 fully saturated rings. The van der Waals surface area contributed by atoms with E-state index in [1.807, 2.05) is 26.0 Å². The Morgan fingerprint density at radius 2 is 1.73 bits per heavy atom. The van der Waals surface area contributed by atoms with Crippen LogP contribution in [0.3, 0.4) is 0 Å². The summed E-state index contributed by atoms with van der Waals surface area (Å²) in [5.41, 5.74) is 0.985. The molecule has 84 valence electrons. The summed E-state index contributed by atoms with van der Waals surface area (Å²) in [6.07, 6.45) is 13.8. The predicted octanol–water partition coefficient (Wildman–Crippen LogP) is 3.59. The first-order valence-electron chi connectivity index (χ1n) is 6.13. The fraction of sp³-hybridized carbons (Fsp3) is 0.714. The zero-order valence-electron chi connectivity index (χ0n) is 9.92. The minimum Gasteiger partial charge on any atom is -0.382 e. The molecule has 1 nitrogen and oxygen atoms in total. The lowest BCUT2D eigenvalue weighted by Crippen LogP contribution is -2.31. The van der Waals surface area contributed by atoms with Crippen molar-refractivity contribution in [2.24, 2.45) is 5.41 Å². The van der Waals surface area contributed by atoms with Crippen LogP contribution < -0.4 is 0 Å². The number of hydrogen-bond donors (Lipinski definition) is 1. The molecule has 2 rings (SSSR count). The molecule has 1 saturated carbocycles. The molecule has 1 spiro atoms. The summed E-state index contributed by atoms with van der Waals surface area (Å²) in [6, 6.07) is 0. The van der Waals surface area contributed by atoms with Crippen LogP contribution in [0.25, 0.3) is 0 Å². The molecular weight excluding hydrogens is 184 g/mol. The zero-order chi connectivity index (χ0) is 10.9. The quantitative estimate of drug-likeness (QED) is 0.650. The molecule has 0 radical (unpaired) electrons. The van der Waals surface area contributed by atoms with E-state index in [2.05, 4.69) is 6.08 Å². The number of aliphatic hydroxyl groups is 1. The van der Waals surface area contributed by atoms with Crippen molar-refractivity contribution >= 4 is 0 Å². The molecule has 0 bridgehead atoms. The third-order valence-electron chi connectivity index (χ3n) is 3.89. The van der Waals surface area contributed by atoms with Crippen LogP contribution >= 0.6 is 0 Å². The number of allylic oxidation sites excluding steroid dienone is 2. The number of rotatable bonds is 1. The van der Waals surface area contributed by atoms with Gasteiger partial charge in [-0.2, -0.15) is 0 Å². The SMILES string of the molecule is CC(C)=CC1(O)C=CC2(CCCC2)CC1. The summed E-state index contributed by atoms with van der Waals surface area (Å²) < 4.78 is 0. The van der Waals surface area contributed by atoms with Crippen molar-refractivity contribution in [3.8, 4) is 0 Å². The lowest BCUT2D eigenvalue weighted by Gasteiger charge is -2.35. The van der Waals surface area contributed by atoms with Crippen LogP contribution in [-0.4, -0.2) is 10.7 Å². The molecule has 1 unspecified atom stereocenters. The van der Waals surface area contributed by atoms with Crippen LogP contribution in [-0.2, 0) is 0 Å². The van der Waals surface area contributed by atoms with Gasteiger partial charge in [0.05, 0.1) is 0 Å². The molecule has 0 aromatic heterocycles.